The van der Waals surface area contributed by atoms with Gasteiger partial charge in [0.2, 0.25) is 0 Å². The molecule has 0 unspecified atom stereocenters. The number of likely N-dealkylation sites (N-methyl/N-ethyl adjacent to an activating group) is 1. The minimum Gasteiger partial charge on any atom is -0.374 e. The number of halogens is 1. The minimum atomic E-state index is 0.258. The van der Waals surface area contributed by atoms with E-state index in [4.69, 9.17) is 16.3 Å². The van der Waals surface area contributed by atoms with E-state index in [1.807, 2.05) is 16.0 Å². The van der Waals surface area contributed by atoms with Crippen LogP contribution in [0.15, 0.2) is 11.6 Å². The van der Waals surface area contributed by atoms with Crippen LogP contribution in [0.4, 0.5) is 0 Å². The molecule has 0 bridgehead atoms. The highest BCUT2D eigenvalue weighted by Gasteiger charge is 2.19. The van der Waals surface area contributed by atoms with Crippen molar-refractivity contribution in [3.8, 4) is 0 Å². The summed E-state index contributed by atoms with van der Waals surface area (Å²) in [6, 6.07) is 0. The van der Waals surface area contributed by atoms with Crippen molar-refractivity contribution in [3.63, 3.8) is 0 Å². The van der Waals surface area contributed by atoms with E-state index in [2.05, 4.69) is 22.1 Å². The minimum absolute atomic E-state index is 0.258. The Morgan fingerprint density at radius 1 is 1.60 bits per heavy atom. The van der Waals surface area contributed by atoms with Crippen molar-refractivity contribution in [1.29, 1.82) is 0 Å². The van der Waals surface area contributed by atoms with Crippen LogP contribution in [0.2, 0.25) is 5.15 Å². The van der Waals surface area contributed by atoms with Gasteiger partial charge in [0, 0.05) is 37.8 Å². The molecule has 1 N–H and O–H groups in total. The van der Waals surface area contributed by atoms with Crippen LogP contribution in [-0.4, -0.2) is 53.2 Å². The van der Waals surface area contributed by atoms with E-state index in [-0.39, 0.29) is 6.10 Å². The molecule has 0 saturated carbocycles. The van der Waals surface area contributed by atoms with Gasteiger partial charge in [0.25, 0.3) is 0 Å². The number of ether oxygens (including phenoxy) is 1. The molecular formula is C13H19ClN4OS. The van der Waals surface area contributed by atoms with Gasteiger partial charge in [-0.25, -0.2) is 4.98 Å². The summed E-state index contributed by atoms with van der Waals surface area (Å²) in [4.78, 5) is 7.69. The van der Waals surface area contributed by atoms with Gasteiger partial charge in [-0.15, -0.1) is 11.3 Å². The molecule has 1 saturated heterocycles. The second-order valence-electron chi connectivity index (χ2n) is 4.92. The van der Waals surface area contributed by atoms with Crippen molar-refractivity contribution in [3.05, 3.63) is 22.4 Å². The largest absolute Gasteiger partial charge is 0.374 e. The molecule has 0 spiro atoms. The quantitative estimate of drug-likeness (QED) is 0.914. The molecule has 2 aromatic rings. The molecule has 1 fully saturated rings. The van der Waals surface area contributed by atoms with E-state index in [9.17, 15) is 0 Å². The molecule has 3 heterocycles. The first-order valence-electron chi connectivity index (χ1n) is 6.92. The number of aromatic nitrogens is 2. The third-order valence-electron chi connectivity index (χ3n) is 3.65. The van der Waals surface area contributed by atoms with Gasteiger partial charge in [0.05, 0.1) is 18.4 Å². The number of rotatable bonds is 5. The average molecular weight is 315 g/mol. The van der Waals surface area contributed by atoms with Crippen molar-refractivity contribution in [2.24, 2.45) is 0 Å². The lowest BCUT2D eigenvalue weighted by Gasteiger charge is -2.32. The summed E-state index contributed by atoms with van der Waals surface area (Å²) in [6.07, 6.45) is 2.26. The molecule has 3 rings (SSSR count). The lowest BCUT2D eigenvalue weighted by atomic mass is 10.2. The summed E-state index contributed by atoms with van der Waals surface area (Å²) in [6.45, 7) is 7.68. The first kappa shape index (κ1) is 14.3. The van der Waals surface area contributed by atoms with Crippen LogP contribution in [0.5, 0.6) is 0 Å². The maximum absolute atomic E-state index is 6.17. The SMILES string of the molecule is CCN1CCO[C@H](CNCc2c(Cl)nc3sccn23)C1. The van der Waals surface area contributed by atoms with Crippen LogP contribution in [0.3, 0.4) is 0 Å². The zero-order chi connectivity index (χ0) is 13.9. The van der Waals surface area contributed by atoms with Crippen LogP contribution in [-0.2, 0) is 11.3 Å². The fourth-order valence-corrected chi connectivity index (χ4v) is 3.53. The van der Waals surface area contributed by atoms with Crippen LogP contribution in [0.25, 0.3) is 4.96 Å². The summed E-state index contributed by atoms with van der Waals surface area (Å²) in [5, 5.41) is 6.04. The summed E-state index contributed by atoms with van der Waals surface area (Å²) in [7, 11) is 0. The predicted octanol–water partition coefficient (Wildman–Crippen LogP) is 1.86. The Hall–Kier alpha value is -0.660. The molecule has 110 valence electrons. The highest BCUT2D eigenvalue weighted by molar-refractivity contribution is 7.15. The molecule has 0 radical (unpaired) electrons. The van der Waals surface area contributed by atoms with Gasteiger partial charge in [-0.2, -0.15) is 0 Å². The maximum atomic E-state index is 6.17. The summed E-state index contributed by atoms with van der Waals surface area (Å²) < 4.78 is 7.82. The van der Waals surface area contributed by atoms with E-state index in [0.29, 0.717) is 11.7 Å². The van der Waals surface area contributed by atoms with E-state index in [1.54, 1.807) is 11.3 Å². The maximum Gasteiger partial charge on any atom is 0.195 e. The first-order valence-corrected chi connectivity index (χ1v) is 8.18. The third-order valence-corrected chi connectivity index (χ3v) is 4.71. The zero-order valence-electron chi connectivity index (χ0n) is 11.5. The predicted molar refractivity (Wildman–Crippen MR) is 81.6 cm³/mol. The molecule has 5 nitrogen and oxygen atoms in total. The molecule has 0 aliphatic carbocycles. The smallest absolute Gasteiger partial charge is 0.195 e. The van der Waals surface area contributed by atoms with Crippen molar-refractivity contribution in [2.45, 2.75) is 19.6 Å². The lowest BCUT2D eigenvalue weighted by molar-refractivity contribution is -0.0254. The zero-order valence-corrected chi connectivity index (χ0v) is 13.1. The van der Waals surface area contributed by atoms with Gasteiger partial charge in [-0.3, -0.25) is 9.30 Å². The van der Waals surface area contributed by atoms with Crippen molar-refractivity contribution >= 4 is 27.9 Å². The van der Waals surface area contributed by atoms with Gasteiger partial charge >= 0.3 is 0 Å². The number of thiazole rings is 1. The van der Waals surface area contributed by atoms with Crippen LogP contribution in [0.1, 0.15) is 12.6 Å². The van der Waals surface area contributed by atoms with Gasteiger partial charge in [0.15, 0.2) is 10.1 Å². The van der Waals surface area contributed by atoms with Crippen LogP contribution >= 0.6 is 22.9 Å². The number of hydrogen-bond acceptors (Lipinski definition) is 5. The monoisotopic (exact) mass is 314 g/mol. The fourth-order valence-electron chi connectivity index (χ4n) is 2.51. The Bertz CT molecular complexity index is 570. The standard InChI is InChI=1S/C13H19ClN4OS/c1-2-17-3-5-19-10(9-17)7-15-8-11-12(14)16-13-18(11)4-6-20-13/h4,6,10,15H,2-3,5,7-9H2,1H3/t10-/m1/s1. The molecular weight excluding hydrogens is 296 g/mol. The average Bonchev–Trinajstić information content (AvgIpc) is 3.01. The van der Waals surface area contributed by atoms with Crippen molar-refractivity contribution in [1.82, 2.24) is 19.6 Å². The summed E-state index contributed by atoms with van der Waals surface area (Å²) in [5.41, 5.74) is 1.02. The normalized spacial score (nSPS) is 20.8. The Labute approximate surface area is 127 Å². The van der Waals surface area contributed by atoms with Gasteiger partial charge in [-0.05, 0) is 6.54 Å². The third kappa shape index (κ3) is 2.99. The van der Waals surface area contributed by atoms with E-state index >= 15 is 0 Å². The molecule has 1 aliphatic heterocycles. The highest BCUT2D eigenvalue weighted by Crippen LogP contribution is 2.21. The molecule has 7 heteroatoms. The number of morpholine rings is 1. The topological polar surface area (TPSA) is 41.8 Å². The summed E-state index contributed by atoms with van der Waals surface area (Å²) in [5.74, 6) is 0. The molecule has 0 amide bonds. The number of hydrogen-bond donors (Lipinski definition) is 1. The van der Waals surface area contributed by atoms with Crippen molar-refractivity contribution in [2.75, 3.05) is 32.8 Å². The Morgan fingerprint density at radius 2 is 2.50 bits per heavy atom. The Kier molecular flexibility index (Phi) is 4.58. The summed E-state index contributed by atoms with van der Waals surface area (Å²) >= 11 is 7.77. The second-order valence-corrected chi connectivity index (χ2v) is 6.15. The van der Waals surface area contributed by atoms with Crippen molar-refractivity contribution < 1.29 is 4.74 Å². The molecule has 1 aliphatic rings. The number of nitrogens with one attached hydrogen (secondary N) is 1. The molecule has 2 aromatic heterocycles. The van der Waals surface area contributed by atoms with Crippen LogP contribution in [0, 0.1) is 0 Å². The van der Waals surface area contributed by atoms with Gasteiger partial charge < -0.3 is 10.1 Å². The highest BCUT2D eigenvalue weighted by atomic mass is 35.5. The molecule has 0 aromatic carbocycles. The van der Waals surface area contributed by atoms with E-state index < -0.39 is 0 Å². The lowest BCUT2D eigenvalue weighted by Crippen LogP contribution is -2.46. The molecule has 20 heavy (non-hydrogen) atoms. The van der Waals surface area contributed by atoms with E-state index in [1.165, 1.54) is 0 Å². The number of fused-ring (bicyclic) bond motifs is 1. The fraction of sp³-hybridized carbons (Fsp3) is 0.615. The second kappa shape index (κ2) is 6.41. The van der Waals surface area contributed by atoms with Crippen LogP contribution < -0.4 is 5.32 Å². The number of nitrogens with zero attached hydrogens (tertiary/aromatic N) is 3. The Morgan fingerprint density at radius 3 is 3.35 bits per heavy atom. The Balaban J connectivity index is 1.54. The first-order chi connectivity index (χ1) is 9.78. The van der Waals surface area contributed by atoms with Gasteiger partial charge in [-0.1, -0.05) is 18.5 Å². The molecule has 1 atom stereocenters. The number of imidazole rings is 1. The van der Waals surface area contributed by atoms with E-state index in [0.717, 1.165) is 43.4 Å². The van der Waals surface area contributed by atoms with Gasteiger partial charge in [0.1, 0.15) is 0 Å².